The monoisotopic (exact) mass is 218 g/mol. The summed E-state index contributed by atoms with van der Waals surface area (Å²) in [6.07, 6.45) is 6.72. The molecule has 0 aliphatic heterocycles. The zero-order chi connectivity index (χ0) is 11.1. The molecule has 0 radical (unpaired) electrons. The number of H-pyrrole nitrogens is 1. The standard InChI is InChI=1S/C12H14N2O2/c15-8-2-1-7(5-8)9-3-4-10-11(9)13-6-14-12(10)16/h3,6-8,15H,1-2,4-5H2,(H,13,14,16)/t7-,8+/m1/s1. The third-order valence-corrected chi connectivity index (χ3v) is 3.59. The molecule has 1 aromatic rings. The van der Waals surface area contributed by atoms with E-state index in [0.29, 0.717) is 12.3 Å². The summed E-state index contributed by atoms with van der Waals surface area (Å²) in [4.78, 5) is 18.4. The molecule has 2 aliphatic rings. The van der Waals surface area contributed by atoms with Gasteiger partial charge in [-0.25, -0.2) is 4.98 Å². The van der Waals surface area contributed by atoms with E-state index in [1.54, 1.807) is 0 Å². The van der Waals surface area contributed by atoms with Crippen LogP contribution in [0.4, 0.5) is 0 Å². The molecule has 2 atom stereocenters. The Balaban J connectivity index is 1.97. The number of allylic oxidation sites excluding steroid dienone is 2. The van der Waals surface area contributed by atoms with Crippen LogP contribution in [0.5, 0.6) is 0 Å². The van der Waals surface area contributed by atoms with Crippen molar-refractivity contribution in [2.45, 2.75) is 31.8 Å². The molecular weight excluding hydrogens is 204 g/mol. The smallest absolute Gasteiger partial charge is 0.254 e. The van der Waals surface area contributed by atoms with Gasteiger partial charge in [0.1, 0.15) is 0 Å². The Labute approximate surface area is 93.0 Å². The second kappa shape index (κ2) is 3.56. The van der Waals surface area contributed by atoms with Crippen LogP contribution in [0.15, 0.2) is 17.2 Å². The lowest BCUT2D eigenvalue weighted by Crippen LogP contribution is -2.14. The van der Waals surface area contributed by atoms with Gasteiger partial charge in [0.2, 0.25) is 0 Å². The van der Waals surface area contributed by atoms with Crippen LogP contribution in [0.3, 0.4) is 0 Å². The van der Waals surface area contributed by atoms with Crippen molar-refractivity contribution in [3.05, 3.63) is 34.0 Å². The molecule has 0 aromatic carbocycles. The van der Waals surface area contributed by atoms with Crippen molar-refractivity contribution in [3.63, 3.8) is 0 Å². The summed E-state index contributed by atoms with van der Waals surface area (Å²) in [5.74, 6) is 0.380. The zero-order valence-corrected chi connectivity index (χ0v) is 8.94. The average Bonchev–Trinajstić information content (AvgIpc) is 2.84. The predicted molar refractivity (Wildman–Crippen MR) is 59.9 cm³/mol. The molecule has 16 heavy (non-hydrogen) atoms. The highest BCUT2D eigenvalue weighted by molar-refractivity contribution is 5.71. The van der Waals surface area contributed by atoms with E-state index in [4.69, 9.17) is 0 Å². The van der Waals surface area contributed by atoms with E-state index in [2.05, 4.69) is 16.0 Å². The van der Waals surface area contributed by atoms with Gasteiger partial charge in [-0.2, -0.15) is 0 Å². The molecule has 4 nitrogen and oxygen atoms in total. The first kappa shape index (κ1) is 9.78. The quantitative estimate of drug-likeness (QED) is 0.735. The van der Waals surface area contributed by atoms with Crippen molar-refractivity contribution in [1.82, 2.24) is 9.97 Å². The number of nitrogens with zero attached hydrogens (tertiary/aromatic N) is 1. The Morgan fingerprint density at radius 2 is 2.31 bits per heavy atom. The van der Waals surface area contributed by atoms with E-state index in [1.807, 2.05) is 0 Å². The summed E-state index contributed by atoms with van der Waals surface area (Å²) in [5.41, 5.74) is 2.76. The Bertz CT molecular complexity index is 504. The summed E-state index contributed by atoms with van der Waals surface area (Å²) < 4.78 is 0. The number of aliphatic hydroxyl groups is 1. The van der Waals surface area contributed by atoms with E-state index in [9.17, 15) is 9.90 Å². The molecule has 0 spiro atoms. The maximum Gasteiger partial charge on any atom is 0.254 e. The van der Waals surface area contributed by atoms with Crippen LogP contribution in [0.2, 0.25) is 0 Å². The summed E-state index contributed by atoms with van der Waals surface area (Å²) in [6, 6.07) is 0. The molecule has 0 amide bonds. The minimum absolute atomic E-state index is 0.0326. The Morgan fingerprint density at radius 1 is 1.44 bits per heavy atom. The van der Waals surface area contributed by atoms with Crippen molar-refractivity contribution in [2.75, 3.05) is 0 Å². The molecule has 1 saturated carbocycles. The largest absolute Gasteiger partial charge is 0.393 e. The zero-order valence-electron chi connectivity index (χ0n) is 8.94. The molecule has 3 rings (SSSR count). The van der Waals surface area contributed by atoms with Crippen LogP contribution in [-0.2, 0) is 6.42 Å². The lowest BCUT2D eigenvalue weighted by atomic mass is 9.96. The minimum Gasteiger partial charge on any atom is -0.393 e. The first-order chi connectivity index (χ1) is 7.75. The normalized spacial score (nSPS) is 27.9. The number of rotatable bonds is 1. The Hall–Kier alpha value is -1.42. The first-order valence-corrected chi connectivity index (χ1v) is 5.70. The maximum atomic E-state index is 11.6. The maximum absolute atomic E-state index is 11.6. The van der Waals surface area contributed by atoms with Gasteiger partial charge in [0, 0.05) is 5.56 Å². The van der Waals surface area contributed by atoms with Gasteiger partial charge in [-0.15, -0.1) is 0 Å². The number of aliphatic hydroxyl groups excluding tert-OH is 1. The number of hydrogen-bond acceptors (Lipinski definition) is 3. The van der Waals surface area contributed by atoms with Crippen LogP contribution in [0.25, 0.3) is 5.57 Å². The minimum atomic E-state index is -0.183. The topological polar surface area (TPSA) is 66.0 Å². The fourth-order valence-corrected chi connectivity index (χ4v) is 2.78. The van der Waals surface area contributed by atoms with E-state index < -0.39 is 0 Å². The summed E-state index contributed by atoms with van der Waals surface area (Å²) in [7, 11) is 0. The van der Waals surface area contributed by atoms with Crippen molar-refractivity contribution in [2.24, 2.45) is 5.92 Å². The third kappa shape index (κ3) is 1.41. The van der Waals surface area contributed by atoms with Crippen LogP contribution in [0.1, 0.15) is 30.5 Å². The fourth-order valence-electron chi connectivity index (χ4n) is 2.78. The molecule has 84 valence electrons. The highest BCUT2D eigenvalue weighted by atomic mass is 16.3. The van der Waals surface area contributed by atoms with E-state index in [-0.39, 0.29) is 11.7 Å². The summed E-state index contributed by atoms with van der Waals surface area (Å²) >= 11 is 0. The van der Waals surface area contributed by atoms with Crippen LogP contribution in [0, 0.1) is 5.92 Å². The van der Waals surface area contributed by atoms with Gasteiger partial charge in [0.25, 0.3) is 5.56 Å². The lowest BCUT2D eigenvalue weighted by molar-refractivity contribution is 0.180. The molecule has 1 aromatic heterocycles. The van der Waals surface area contributed by atoms with E-state index in [0.717, 1.165) is 36.1 Å². The van der Waals surface area contributed by atoms with Crippen molar-refractivity contribution < 1.29 is 5.11 Å². The van der Waals surface area contributed by atoms with Crippen molar-refractivity contribution >= 4 is 5.57 Å². The van der Waals surface area contributed by atoms with Gasteiger partial charge < -0.3 is 10.1 Å². The van der Waals surface area contributed by atoms with Gasteiger partial charge in [-0.05, 0) is 37.2 Å². The third-order valence-electron chi connectivity index (χ3n) is 3.59. The van der Waals surface area contributed by atoms with Gasteiger partial charge in [-0.3, -0.25) is 4.79 Å². The lowest BCUT2D eigenvalue weighted by Gasteiger charge is -2.11. The number of hydrogen-bond donors (Lipinski definition) is 2. The average molecular weight is 218 g/mol. The Kier molecular flexibility index (Phi) is 2.17. The molecule has 4 heteroatoms. The second-order valence-electron chi connectivity index (χ2n) is 4.59. The molecule has 1 fully saturated rings. The number of aromatic nitrogens is 2. The second-order valence-corrected chi connectivity index (χ2v) is 4.59. The first-order valence-electron chi connectivity index (χ1n) is 5.70. The van der Waals surface area contributed by atoms with Crippen molar-refractivity contribution in [1.29, 1.82) is 0 Å². The number of fused-ring (bicyclic) bond motifs is 1. The van der Waals surface area contributed by atoms with Crippen LogP contribution in [-0.4, -0.2) is 21.2 Å². The van der Waals surface area contributed by atoms with E-state index >= 15 is 0 Å². The predicted octanol–water partition coefficient (Wildman–Crippen LogP) is 0.870. The SMILES string of the molecule is O=c1[nH]cnc2c1CC=C2[C@@H]1CC[C@H](O)C1. The molecule has 2 N–H and O–H groups in total. The fraction of sp³-hybridized carbons (Fsp3) is 0.500. The van der Waals surface area contributed by atoms with Crippen molar-refractivity contribution in [3.8, 4) is 0 Å². The number of nitrogens with one attached hydrogen (secondary N) is 1. The highest BCUT2D eigenvalue weighted by Gasteiger charge is 2.30. The molecule has 0 unspecified atom stereocenters. The van der Waals surface area contributed by atoms with Gasteiger partial charge in [0.15, 0.2) is 0 Å². The van der Waals surface area contributed by atoms with Crippen LogP contribution < -0.4 is 5.56 Å². The highest BCUT2D eigenvalue weighted by Crippen LogP contribution is 2.39. The molecule has 0 bridgehead atoms. The van der Waals surface area contributed by atoms with Crippen LogP contribution >= 0.6 is 0 Å². The van der Waals surface area contributed by atoms with Gasteiger partial charge >= 0.3 is 0 Å². The van der Waals surface area contributed by atoms with E-state index in [1.165, 1.54) is 6.33 Å². The summed E-state index contributed by atoms with van der Waals surface area (Å²) in [6.45, 7) is 0. The Morgan fingerprint density at radius 3 is 3.06 bits per heavy atom. The summed E-state index contributed by atoms with van der Waals surface area (Å²) in [5, 5.41) is 9.55. The van der Waals surface area contributed by atoms with Gasteiger partial charge in [0.05, 0.1) is 18.1 Å². The number of aromatic amines is 1. The molecular formula is C12H14N2O2. The molecule has 0 saturated heterocycles. The van der Waals surface area contributed by atoms with Gasteiger partial charge in [-0.1, -0.05) is 6.08 Å². The molecule has 1 heterocycles. The molecule has 2 aliphatic carbocycles.